The predicted octanol–water partition coefficient (Wildman–Crippen LogP) is 2.83. The highest BCUT2D eigenvalue weighted by molar-refractivity contribution is 6.35. The minimum absolute atomic E-state index is 0.718. The van der Waals surface area contributed by atoms with Gasteiger partial charge < -0.3 is 9.72 Å². The summed E-state index contributed by atoms with van der Waals surface area (Å²) in [6.07, 6.45) is 1.85. The van der Waals surface area contributed by atoms with Gasteiger partial charge in [0.1, 0.15) is 5.75 Å². The van der Waals surface area contributed by atoms with Crippen molar-refractivity contribution in [3.63, 3.8) is 0 Å². The minimum atomic E-state index is 0.718. The Labute approximate surface area is 75.1 Å². The third-order valence-corrected chi connectivity index (χ3v) is 2.17. The molecule has 1 N–H and O–H groups in total. The molecular formula is C9H8ClNO. The molecular weight excluding hydrogens is 174 g/mol. The summed E-state index contributed by atoms with van der Waals surface area (Å²) < 4.78 is 5.16. The molecule has 1 aromatic heterocycles. The summed E-state index contributed by atoms with van der Waals surface area (Å²) in [6.45, 7) is 0. The van der Waals surface area contributed by atoms with Crippen LogP contribution in [0, 0.1) is 0 Å². The van der Waals surface area contributed by atoms with Crippen LogP contribution in [0.15, 0.2) is 24.4 Å². The quantitative estimate of drug-likeness (QED) is 0.719. The van der Waals surface area contributed by atoms with Crippen LogP contribution < -0.4 is 4.74 Å². The molecule has 0 amide bonds. The van der Waals surface area contributed by atoms with Gasteiger partial charge in [-0.1, -0.05) is 11.6 Å². The number of aromatic amines is 1. The lowest BCUT2D eigenvalue weighted by Gasteiger charge is -2.01. The Morgan fingerprint density at radius 1 is 1.33 bits per heavy atom. The predicted molar refractivity (Wildman–Crippen MR) is 49.9 cm³/mol. The Hall–Kier alpha value is -1.15. The van der Waals surface area contributed by atoms with Gasteiger partial charge in [0.15, 0.2) is 0 Å². The average Bonchev–Trinajstić information content (AvgIpc) is 2.54. The average molecular weight is 182 g/mol. The SMILES string of the molecule is COc1ccc(Cl)c2[nH]ccc12. The molecule has 2 nitrogen and oxygen atoms in total. The molecule has 0 saturated heterocycles. The fourth-order valence-corrected chi connectivity index (χ4v) is 1.49. The number of hydrogen-bond donors (Lipinski definition) is 1. The van der Waals surface area contributed by atoms with E-state index in [4.69, 9.17) is 16.3 Å². The van der Waals surface area contributed by atoms with E-state index in [0.717, 1.165) is 21.7 Å². The summed E-state index contributed by atoms with van der Waals surface area (Å²) in [5.41, 5.74) is 0.927. The van der Waals surface area contributed by atoms with Crippen LogP contribution in [-0.4, -0.2) is 12.1 Å². The maximum atomic E-state index is 5.94. The van der Waals surface area contributed by atoms with E-state index in [1.54, 1.807) is 7.11 Å². The molecule has 12 heavy (non-hydrogen) atoms. The van der Waals surface area contributed by atoms with Crippen LogP contribution in [0.4, 0.5) is 0 Å². The Morgan fingerprint density at radius 3 is 2.92 bits per heavy atom. The van der Waals surface area contributed by atoms with E-state index >= 15 is 0 Å². The van der Waals surface area contributed by atoms with Gasteiger partial charge in [-0.3, -0.25) is 0 Å². The molecule has 0 saturated carbocycles. The van der Waals surface area contributed by atoms with E-state index in [0.29, 0.717) is 0 Å². The second kappa shape index (κ2) is 2.72. The zero-order valence-electron chi connectivity index (χ0n) is 6.60. The molecule has 0 aliphatic rings. The number of H-pyrrole nitrogens is 1. The van der Waals surface area contributed by atoms with Crippen molar-refractivity contribution in [3.05, 3.63) is 29.4 Å². The highest BCUT2D eigenvalue weighted by Crippen LogP contribution is 2.29. The molecule has 0 fully saturated rings. The fourth-order valence-electron chi connectivity index (χ4n) is 1.27. The largest absolute Gasteiger partial charge is 0.496 e. The molecule has 0 aliphatic carbocycles. The maximum Gasteiger partial charge on any atom is 0.128 e. The summed E-state index contributed by atoms with van der Waals surface area (Å²) in [5.74, 6) is 0.843. The number of methoxy groups -OCH3 is 1. The van der Waals surface area contributed by atoms with Crippen molar-refractivity contribution >= 4 is 22.5 Å². The molecule has 0 spiro atoms. The first-order valence-electron chi connectivity index (χ1n) is 3.62. The first kappa shape index (κ1) is 7.50. The number of fused-ring (bicyclic) bond motifs is 1. The van der Waals surface area contributed by atoms with Crippen LogP contribution in [-0.2, 0) is 0 Å². The van der Waals surface area contributed by atoms with E-state index in [-0.39, 0.29) is 0 Å². The van der Waals surface area contributed by atoms with Crippen molar-refractivity contribution < 1.29 is 4.74 Å². The normalized spacial score (nSPS) is 10.5. The highest BCUT2D eigenvalue weighted by atomic mass is 35.5. The topological polar surface area (TPSA) is 25.0 Å². The number of benzene rings is 1. The van der Waals surface area contributed by atoms with Crippen LogP contribution in [0.5, 0.6) is 5.75 Å². The van der Waals surface area contributed by atoms with Crippen molar-refractivity contribution in [3.8, 4) is 5.75 Å². The Bertz CT molecular complexity index is 408. The summed E-state index contributed by atoms with van der Waals surface area (Å²) in [7, 11) is 1.65. The van der Waals surface area contributed by atoms with Crippen LogP contribution in [0.25, 0.3) is 10.9 Å². The molecule has 0 radical (unpaired) electrons. The van der Waals surface area contributed by atoms with Crippen molar-refractivity contribution in [1.82, 2.24) is 4.98 Å². The van der Waals surface area contributed by atoms with Crippen molar-refractivity contribution in [2.45, 2.75) is 0 Å². The van der Waals surface area contributed by atoms with E-state index in [1.807, 2.05) is 24.4 Å². The summed E-state index contributed by atoms with van der Waals surface area (Å²) in [5, 5.41) is 1.74. The van der Waals surface area contributed by atoms with Crippen LogP contribution in [0.1, 0.15) is 0 Å². The fraction of sp³-hybridized carbons (Fsp3) is 0.111. The van der Waals surface area contributed by atoms with Crippen LogP contribution in [0.3, 0.4) is 0 Å². The molecule has 2 rings (SSSR count). The third kappa shape index (κ3) is 0.959. The summed E-state index contributed by atoms with van der Waals surface area (Å²) in [6, 6.07) is 5.62. The molecule has 1 aromatic carbocycles. The number of rotatable bonds is 1. The van der Waals surface area contributed by atoms with Gasteiger partial charge in [0.2, 0.25) is 0 Å². The van der Waals surface area contributed by atoms with Gasteiger partial charge in [-0.15, -0.1) is 0 Å². The molecule has 1 heterocycles. The van der Waals surface area contributed by atoms with Gasteiger partial charge in [-0.2, -0.15) is 0 Å². The van der Waals surface area contributed by atoms with Gasteiger partial charge in [0, 0.05) is 11.6 Å². The zero-order chi connectivity index (χ0) is 8.55. The number of aromatic nitrogens is 1. The van der Waals surface area contributed by atoms with Crippen LogP contribution in [0.2, 0.25) is 5.02 Å². The lowest BCUT2D eigenvalue weighted by molar-refractivity contribution is 0.420. The van der Waals surface area contributed by atoms with Crippen molar-refractivity contribution in [2.24, 2.45) is 0 Å². The van der Waals surface area contributed by atoms with Crippen molar-refractivity contribution in [2.75, 3.05) is 7.11 Å². The first-order chi connectivity index (χ1) is 5.83. The second-order valence-corrected chi connectivity index (χ2v) is 2.92. The molecule has 2 aromatic rings. The third-order valence-electron chi connectivity index (χ3n) is 1.85. The summed E-state index contributed by atoms with van der Waals surface area (Å²) >= 11 is 5.94. The second-order valence-electron chi connectivity index (χ2n) is 2.52. The summed E-state index contributed by atoms with van der Waals surface area (Å²) in [4.78, 5) is 3.05. The maximum absolute atomic E-state index is 5.94. The molecule has 0 atom stereocenters. The van der Waals surface area contributed by atoms with E-state index < -0.39 is 0 Å². The minimum Gasteiger partial charge on any atom is -0.496 e. The molecule has 62 valence electrons. The van der Waals surface area contributed by atoms with Gasteiger partial charge >= 0.3 is 0 Å². The van der Waals surface area contributed by atoms with Gasteiger partial charge in [0.25, 0.3) is 0 Å². The Balaban J connectivity index is 2.82. The van der Waals surface area contributed by atoms with E-state index in [9.17, 15) is 0 Å². The van der Waals surface area contributed by atoms with Crippen molar-refractivity contribution in [1.29, 1.82) is 0 Å². The molecule has 0 bridgehead atoms. The van der Waals surface area contributed by atoms with Gasteiger partial charge in [-0.25, -0.2) is 0 Å². The number of halogens is 1. The number of nitrogens with one attached hydrogen (secondary N) is 1. The smallest absolute Gasteiger partial charge is 0.128 e. The molecule has 0 unspecified atom stereocenters. The molecule has 3 heteroatoms. The van der Waals surface area contributed by atoms with E-state index in [1.165, 1.54) is 0 Å². The number of ether oxygens (including phenoxy) is 1. The molecule has 0 aliphatic heterocycles. The van der Waals surface area contributed by atoms with E-state index in [2.05, 4.69) is 4.98 Å². The first-order valence-corrected chi connectivity index (χ1v) is 4.00. The monoisotopic (exact) mass is 181 g/mol. The zero-order valence-corrected chi connectivity index (χ0v) is 7.35. The van der Waals surface area contributed by atoms with Gasteiger partial charge in [-0.05, 0) is 18.2 Å². The Kier molecular flexibility index (Phi) is 1.70. The number of hydrogen-bond acceptors (Lipinski definition) is 1. The van der Waals surface area contributed by atoms with Crippen LogP contribution >= 0.6 is 11.6 Å². The Morgan fingerprint density at radius 2 is 2.17 bits per heavy atom. The highest BCUT2D eigenvalue weighted by Gasteiger charge is 2.04. The standard InChI is InChI=1S/C9H8ClNO/c1-12-8-3-2-7(10)9-6(8)4-5-11-9/h2-5,11H,1H3. The lowest BCUT2D eigenvalue weighted by Crippen LogP contribution is -1.82. The lowest BCUT2D eigenvalue weighted by atomic mass is 10.2. The van der Waals surface area contributed by atoms with Gasteiger partial charge in [0.05, 0.1) is 17.6 Å².